The Morgan fingerprint density at radius 1 is 1.19 bits per heavy atom. The van der Waals surface area contributed by atoms with Crippen LogP contribution in [0.25, 0.3) is 0 Å². The Balaban J connectivity index is 1.52. The maximum absolute atomic E-state index is 13.0. The third kappa shape index (κ3) is 4.57. The summed E-state index contributed by atoms with van der Waals surface area (Å²) in [5.41, 5.74) is 0. The fourth-order valence-corrected chi connectivity index (χ4v) is 4.11. The van der Waals surface area contributed by atoms with Gasteiger partial charge in [-0.3, -0.25) is 9.59 Å². The van der Waals surface area contributed by atoms with Gasteiger partial charge in [-0.2, -0.15) is 0 Å². The van der Waals surface area contributed by atoms with Gasteiger partial charge in [0, 0.05) is 25.6 Å². The molecular formula is C21H30N2O3. The number of para-hydroxylation sites is 1. The Kier molecular flexibility index (Phi) is 6.53. The van der Waals surface area contributed by atoms with E-state index < -0.39 is 0 Å². The molecule has 2 fully saturated rings. The number of benzene rings is 1. The number of amides is 2. The van der Waals surface area contributed by atoms with Crippen LogP contribution in [0.2, 0.25) is 0 Å². The topological polar surface area (TPSA) is 49.9 Å². The van der Waals surface area contributed by atoms with Crippen molar-refractivity contribution in [2.75, 3.05) is 26.2 Å². The molecule has 1 aromatic carbocycles. The first kappa shape index (κ1) is 18.7. The molecule has 1 saturated carbocycles. The van der Waals surface area contributed by atoms with Crippen LogP contribution < -0.4 is 4.74 Å². The molecule has 5 nitrogen and oxygen atoms in total. The first-order chi connectivity index (χ1) is 12.7. The van der Waals surface area contributed by atoms with Crippen molar-refractivity contribution in [3.8, 4) is 5.75 Å². The summed E-state index contributed by atoms with van der Waals surface area (Å²) in [5.74, 6) is 1.16. The summed E-state index contributed by atoms with van der Waals surface area (Å²) in [7, 11) is 0. The van der Waals surface area contributed by atoms with E-state index in [1.54, 1.807) is 0 Å². The maximum atomic E-state index is 13.0. The lowest BCUT2D eigenvalue weighted by molar-refractivity contribution is -0.144. The number of carbonyl (C=O) groups excluding carboxylic acids is 2. The molecule has 1 aliphatic carbocycles. The zero-order valence-electron chi connectivity index (χ0n) is 15.7. The van der Waals surface area contributed by atoms with Gasteiger partial charge in [0.1, 0.15) is 12.4 Å². The standard InChI is InChI=1S/C21H30N2O3/c1-2-22(14-15-26-19-10-4-3-5-11-19)21(25)17-12-13-20(24)23(16-17)18-8-6-7-9-18/h3-5,10-11,17-18H,2,6-9,12-16H2,1H3/t17-/m1/s1. The van der Waals surface area contributed by atoms with Gasteiger partial charge < -0.3 is 14.5 Å². The van der Waals surface area contributed by atoms with Gasteiger partial charge in [-0.25, -0.2) is 0 Å². The summed E-state index contributed by atoms with van der Waals surface area (Å²) in [6.45, 7) is 4.34. The van der Waals surface area contributed by atoms with Crippen LogP contribution in [0, 0.1) is 5.92 Å². The van der Waals surface area contributed by atoms with Crippen molar-refractivity contribution >= 4 is 11.8 Å². The lowest BCUT2D eigenvalue weighted by Gasteiger charge is -2.38. The van der Waals surface area contributed by atoms with E-state index in [0.717, 1.165) is 18.6 Å². The number of hydrogen-bond acceptors (Lipinski definition) is 3. The predicted molar refractivity (Wildman–Crippen MR) is 101 cm³/mol. The first-order valence-corrected chi connectivity index (χ1v) is 9.95. The average Bonchev–Trinajstić information content (AvgIpc) is 3.20. The molecule has 1 aromatic rings. The third-order valence-electron chi connectivity index (χ3n) is 5.63. The van der Waals surface area contributed by atoms with Gasteiger partial charge in [0.15, 0.2) is 0 Å². The number of hydrogen-bond donors (Lipinski definition) is 0. The molecule has 1 saturated heterocycles. The van der Waals surface area contributed by atoms with Crippen molar-refractivity contribution in [2.45, 2.75) is 51.5 Å². The molecule has 0 aromatic heterocycles. The van der Waals surface area contributed by atoms with Crippen LogP contribution in [0.3, 0.4) is 0 Å². The van der Waals surface area contributed by atoms with E-state index in [2.05, 4.69) is 0 Å². The first-order valence-electron chi connectivity index (χ1n) is 9.95. The van der Waals surface area contributed by atoms with E-state index in [0.29, 0.717) is 45.1 Å². The normalized spacial score (nSPS) is 21.0. The Morgan fingerprint density at radius 2 is 1.92 bits per heavy atom. The Morgan fingerprint density at radius 3 is 2.62 bits per heavy atom. The number of carbonyl (C=O) groups is 2. The van der Waals surface area contributed by atoms with Crippen molar-refractivity contribution in [3.05, 3.63) is 30.3 Å². The molecule has 1 atom stereocenters. The van der Waals surface area contributed by atoms with E-state index >= 15 is 0 Å². The third-order valence-corrected chi connectivity index (χ3v) is 5.63. The number of likely N-dealkylation sites (N-methyl/N-ethyl adjacent to an activating group) is 1. The van der Waals surface area contributed by atoms with Gasteiger partial charge in [-0.1, -0.05) is 31.0 Å². The summed E-state index contributed by atoms with van der Waals surface area (Å²) in [6.07, 6.45) is 5.77. The molecule has 1 heterocycles. The Bertz CT molecular complexity index is 599. The van der Waals surface area contributed by atoms with Crippen molar-refractivity contribution in [1.82, 2.24) is 9.80 Å². The van der Waals surface area contributed by atoms with Crippen molar-refractivity contribution in [3.63, 3.8) is 0 Å². The number of rotatable bonds is 7. The van der Waals surface area contributed by atoms with Crippen molar-refractivity contribution < 1.29 is 14.3 Å². The lowest BCUT2D eigenvalue weighted by atomic mass is 9.94. The maximum Gasteiger partial charge on any atom is 0.227 e. The van der Waals surface area contributed by atoms with Crippen LogP contribution in [-0.4, -0.2) is 53.9 Å². The molecule has 5 heteroatoms. The molecule has 0 spiro atoms. The molecule has 0 N–H and O–H groups in total. The summed E-state index contributed by atoms with van der Waals surface area (Å²) in [5, 5.41) is 0. The van der Waals surface area contributed by atoms with E-state index in [-0.39, 0.29) is 17.7 Å². The molecule has 0 unspecified atom stereocenters. The predicted octanol–water partition coefficient (Wildman–Crippen LogP) is 3.10. The zero-order valence-corrected chi connectivity index (χ0v) is 15.7. The van der Waals surface area contributed by atoms with Crippen LogP contribution in [0.5, 0.6) is 5.75 Å². The smallest absolute Gasteiger partial charge is 0.227 e. The second kappa shape index (κ2) is 9.06. The minimum atomic E-state index is -0.0648. The van der Waals surface area contributed by atoms with Gasteiger partial charge in [-0.15, -0.1) is 0 Å². The number of piperidine rings is 1. The SMILES string of the molecule is CCN(CCOc1ccccc1)C(=O)[C@@H]1CCC(=O)N(C2CCCC2)C1. The largest absolute Gasteiger partial charge is 0.492 e. The second-order valence-electron chi connectivity index (χ2n) is 7.30. The molecule has 0 bridgehead atoms. The minimum absolute atomic E-state index is 0.0648. The highest BCUT2D eigenvalue weighted by Crippen LogP contribution is 2.29. The Hall–Kier alpha value is -2.04. The molecule has 2 amide bonds. The van der Waals surface area contributed by atoms with Gasteiger partial charge in [-0.05, 0) is 38.3 Å². The fourth-order valence-electron chi connectivity index (χ4n) is 4.11. The fraction of sp³-hybridized carbons (Fsp3) is 0.619. The molecular weight excluding hydrogens is 328 g/mol. The molecule has 142 valence electrons. The van der Waals surface area contributed by atoms with Crippen LogP contribution >= 0.6 is 0 Å². The summed E-state index contributed by atoms with van der Waals surface area (Å²) >= 11 is 0. The number of nitrogens with zero attached hydrogens (tertiary/aromatic N) is 2. The minimum Gasteiger partial charge on any atom is -0.492 e. The summed E-state index contributed by atoms with van der Waals surface area (Å²) in [6, 6.07) is 10.0. The molecule has 3 rings (SSSR count). The van der Waals surface area contributed by atoms with Crippen LogP contribution in [0.15, 0.2) is 30.3 Å². The van der Waals surface area contributed by atoms with Crippen molar-refractivity contribution in [1.29, 1.82) is 0 Å². The van der Waals surface area contributed by atoms with Crippen LogP contribution in [0.1, 0.15) is 45.4 Å². The van der Waals surface area contributed by atoms with Gasteiger partial charge in [0.05, 0.1) is 12.5 Å². The summed E-state index contributed by atoms with van der Waals surface area (Å²) in [4.78, 5) is 29.1. The highest BCUT2D eigenvalue weighted by atomic mass is 16.5. The zero-order chi connectivity index (χ0) is 18.4. The van der Waals surface area contributed by atoms with E-state index in [1.165, 1.54) is 12.8 Å². The molecule has 1 aliphatic heterocycles. The van der Waals surface area contributed by atoms with Crippen LogP contribution in [-0.2, 0) is 9.59 Å². The number of likely N-dealkylation sites (tertiary alicyclic amines) is 1. The Labute approximate surface area is 156 Å². The lowest BCUT2D eigenvalue weighted by Crippen LogP contribution is -2.50. The second-order valence-corrected chi connectivity index (χ2v) is 7.30. The monoisotopic (exact) mass is 358 g/mol. The average molecular weight is 358 g/mol. The summed E-state index contributed by atoms with van der Waals surface area (Å²) < 4.78 is 5.74. The molecule has 26 heavy (non-hydrogen) atoms. The molecule has 2 aliphatic rings. The quantitative estimate of drug-likeness (QED) is 0.753. The highest BCUT2D eigenvalue weighted by Gasteiger charge is 2.36. The molecule has 0 radical (unpaired) electrons. The van der Waals surface area contributed by atoms with Crippen LogP contribution in [0.4, 0.5) is 0 Å². The van der Waals surface area contributed by atoms with Gasteiger partial charge >= 0.3 is 0 Å². The van der Waals surface area contributed by atoms with Gasteiger partial charge in [0.25, 0.3) is 0 Å². The number of ether oxygens (including phenoxy) is 1. The van der Waals surface area contributed by atoms with E-state index in [1.807, 2.05) is 47.1 Å². The highest BCUT2D eigenvalue weighted by molar-refractivity contribution is 5.84. The van der Waals surface area contributed by atoms with Crippen molar-refractivity contribution in [2.24, 2.45) is 5.92 Å². The van der Waals surface area contributed by atoms with Gasteiger partial charge in [0.2, 0.25) is 11.8 Å². The van der Waals surface area contributed by atoms with E-state index in [4.69, 9.17) is 4.74 Å². The van der Waals surface area contributed by atoms with E-state index in [9.17, 15) is 9.59 Å².